The van der Waals surface area contributed by atoms with Crippen molar-refractivity contribution in [1.29, 1.82) is 0 Å². The van der Waals surface area contributed by atoms with E-state index in [1.807, 2.05) is 31.2 Å². The summed E-state index contributed by atoms with van der Waals surface area (Å²) in [6.45, 7) is 1.84. The van der Waals surface area contributed by atoms with Crippen molar-refractivity contribution in [3.8, 4) is 0 Å². The summed E-state index contributed by atoms with van der Waals surface area (Å²) < 4.78 is 0. The molecular weight excluding hydrogens is 216 g/mol. The Balaban J connectivity index is 2.38. The van der Waals surface area contributed by atoms with E-state index in [1.165, 1.54) is 0 Å². The van der Waals surface area contributed by atoms with Crippen LogP contribution in [-0.2, 0) is 4.79 Å². The van der Waals surface area contributed by atoms with E-state index in [-0.39, 0.29) is 0 Å². The van der Waals surface area contributed by atoms with E-state index in [0.29, 0.717) is 6.42 Å². The van der Waals surface area contributed by atoms with Crippen molar-refractivity contribution in [2.75, 3.05) is 5.32 Å². The van der Waals surface area contributed by atoms with Crippen molar-refractivity contribution >= 4 is 22.6 Å². The molecule has 0 radical (unpaired) electrons. The fraction of sp³-hybridized carbons (Fsp3) is 0.231. The first-order valence-corrected chi connectivity index (χ1v) is 5.55. The van der Waals surface area contributed by atoms with Gasteiger partial charge in [0, 0.05) is 17.3 Å². The average Bonchev–Trinajstić information content (AvgIpc) is 2.35. The summed E-state index contributed by atoms with van der Waals surface area (Å²) >= 11 is 0. The smallest absolute Gasteiger partial charge is 0.326 e. The topological polar surface area (TPSA) is 62.2 Å². The van der Waals surface area contributed by atoms with E-state index < -0.39 is 12.0 Å². The molecule has 2 aromatic rings. The lowest BCUT2D eigenvalue weighted by Crippen LogP contribution is -2.28. The maximum absolute atomic E-state index is 11.0. The number of anilines is 1. The summed E-state index contributed by atoms with van der Waals surface area (Å²) in [6.07, 6.45) is 2.21. The second kappa shape index (κ2) is 4.82. The first-order chi connectivity index (χ1) is 8.22. The van der Waals surface area contributed by atoms with E-state index in [0.717, 1.165) is 16.6 Å². The van der Waals surface area contributed by atoms with Gasteiger partial charge in [-0.25, -0.2) is 4.79 Å². The Kier molecular flexibility index (Phi) is 3.23. The monoisotopic (exact) mass is 230 g/mol. The molecule has 2 rings (SSSR count). The minimum absolute atomic E-state index is 0.534. The number of nitrogens with zero attached hydrogens (tertiary/aromatic N) is 1. The molecule has 1 aromatic heterocycles. The molecule has 0 fully saturated rings. The molecule has 2 N–H and O–H groups in total. The second-order valence-corrected chi connectivity index (χ2v) is 3.82. The molecule has 88 valence electrons. The summed E-state index contributed by atoms with van der Waals surface area (Å²) in [5.41, 5.74) is 1.67. The molecule has 0 aliphatic carbocycles. The van der Waals surface area contributed by atoms with Crippen LogP contribution in [0.1, 0.15) is 13.3 Å². The number of para-hydroxylation sites is 1. The first kappa shape index (κ1) is 11.4. The number of fused-ring (bicyclic) bond motifs is 1. The van der Waals surface area contributed by atoms with Crippen LogP contribution in [0.25, 0.3) is 10.9 Å². The van der Waals surface area contributed by atoms with Gasteiger partial charge in [-0.3, -0.25) is 4.98 Å². The van der Waals surface area contributed by atoms with Crippen molar-refractivity contribution in [2.45, 2.75) is 19.4 Å². The minimum atomic E-state index is -0.839. The Morgan fingerprint density at radius 3 is 2.88 bits per heavy atom. The van der Waals surface area contributed by atoms with Crippen LogP contribution < -0.4 is 5.32 Å². The Morgan fingerprint density at radius 1 is 1.41 bits per heavy atom. The highest BCUT2D eigenvalue weighted by molar-refractivity contribution is 5.92. The number of carboxylic acid groups (broad SMARTS) is 1. The molecule has 4 nitrogen and oxygen atoms in total. The Bertz CT molecular complexity index is 534. The summed E-state index contributed by atoms with van der Waals surface area (Å²) in [5, 5.41) is 13.0. The van der Waals surface area contributed by atoms with Crippen LogP contribution in [0.5, 0.6) is 0 Å². The van der Waals surface area contributed by atoms with Gasteiger partial charge in [0.2, 0.25) is 0 Å². The summed E-state index contributed by atoms with van der Waals surface area (Å²) in [6, 6.07) is 8.89. The molecular formula is C13H14N2O2. The normalized spacial score (nSPS) is 12.3. The molecule has 0 saturated carbocycles. The SMILES string of the molecule is CCC(Nc1ccnc2ccccc12)C(=O)O. The van der Waals surface area contributed by atoms with Gasteiger partial charge in [-0.05, 0) is 18.6 Å². The quantitative estimate of drug-likeness (QED) is 0.847. The van der Waals surface area contributed by atoms with Crippen molar-refractivity contribution < 1.29 is 9.90 Å². The third kappa shape index (κ3) is 2.36. The number of benzene rings is 1. The largest absolute Gasteiger partial charge is 0.480 e. The Hall–Kier alpha value is -2.10. The summed E-state index contributed by atoms with van der Waals surface area (Å²) in [7, 11) is 0. The van der Waals surface area contributed by atoms with Gasteiger partial charge in [-0.2, -0.15) is 0 Å². The zero-order valence-electron chi connectivity index (χ0n) is 9.55. The number of hydrogen-bond acceptors (Lipinski definition) is 3. The lowest BCUT2D eigenvalue weighted by atomic mass is 10.1. The van der Waals surface area contributed by atoms with Gasteiger partial charge >= 0.3 is 5.97 Å². The highest BCUT2D eigenvalue weighted by Gasteiger charge is 2.15. The molecule has 17 heavy (non-hydrogen) atoms. The highest BCUT2D eigenvalue weighted by Crippen LogP contribution is 2.22. The number of carboxylic acids is 1. The number of aromatic nitrogens is 1. The van der Waals surface area contributed by atoms with Gasteiger partial charge in [-0.15, -0.1) is 0 Å². The predicted octanol–water partition coefficient (Wildman–Crippen LogP) is 2.51. The lowest BCUT2D eigenvalue weighted by molar-refractivity contribution is -0.137. The Labute approximate surface area is 99.3 Å². The van der Waals surface area contributed by atoms with Crippen molar-refractivity contribution in [3.05, 3.63) is 36.5 Å². The van der Waals surface area contributed by atoms with Gasteiger partial charge in [0.05, 0.1) is 5.52 Å². The van der Waals surface area contributed by atoms with Crippen LogP contribution in [0.2, 0.25) is 0 Å². The Morgan fingerprint density at radius 2 is 2.18 bits per heavy atom. The number of carbonyl (C=O) groups is 1. The summed E-state index contributed by atoms with van der Waals surface area (Å²) in [4.78, 5) is 15.2. The molecule has 4 heteroatoms. The molecule has 1 atom stereocenters. The second-order valence-electron chi connectivity index (χ2n) is 3.82. The van der Waals surface area contributed by atoms with E-state index in [2.05, 4.69) is 10.3 Å². The number of pyridine rings is 1. The van der Waals surface area contributed by atoms with Crippen molar-refractivity contribution in [3.63, 3.8) is 0 Å². The van der Waals surface area contributed by atoms with Crippen LogP contribution in [0.15, 0.2) is 36.5 Å². The summed E-state index contributed by atoms with van der Waals surface area (Å²) in [5.74, 6) is -0.839. The molecule has 0 aliphatic heterocycles. The van der Waals surface area contributed by atoms with Crippen LogP contribution >= 0.6 is 0 Å². The molecule has 0 aliphatic rings. The van der Waals surface area contributed by atoms with Crippen LogP contribution in [0.4, 0.5) is 5.69 Å². The van der Waals surface area contributed by atoms with E-state index in [9.17, 15) is 4.79 Å². The zero-order chi connectivity index (χ0) is 12.3. The maximum Gasteiger partial charge on any atom is 0.326 e. The van der Waals surface area contributed by atoms with Crippen LogP contribution in [-0.4, -0.2) is 22.1 Å². The molecule has 1 heterocycles. The van der Waals surface area contributed by atoms with Crippen molar-refractivity contribution in [2.24, 2.45) is 0 Å². The third-order valence-corrected chi connectivity index (χ3v) is 2.69. The number of aliphatic carboxylic acids is 1. The third-order valence-electron chi connectivity index (χ3n) is 2.69. The molecule has 0 amide bonds. The number of nitrogens with one attached hydrogen (secondary N) is 1. The van der Waals surface area contributed by atoms with E-state index >= 15 is 0 Å². The lowest BCUT2D eigenvalue weighted by Gasteiger charge is -2.15. The maximum atomic E-state index is 11.0. The van der Waals surface area contributed by atoms with E-state index in [4.69, 9.17) is 5.11 Å². The van der Waals surface area contributed by atoms with Gasteiger partial charge in [0.15, 0.2) is 0 Å². The fourth-order valence-electron chi connectivity index (χ4n) is 1.75. The number of hydrogen-bond donors (Lipinski definition) is 2. The van der Waals surface area contributed by atoms with Gasteiger partial charge < -0.3 is 10.4 Å². The highest BCUT2D eigenvalue weighted by atomic mass is 16.4. The number of rotatable bonds is 4. The van der Waals surface area contributed by atoms with Gasteiger partial charge in [0.25, 0.3) is 0 Å². The molecule has 0 bridgehead atoms. The zero-order valence-corrected chi connectivity index (χ0v) is 9.55. The molecule has 0 saturated heterocycles. The van der Waals surface area contributed by atoms with Crippen LogP contribution in [0, 0.1) is 0 Å². The average molecular weight is 230 g/mol. The van der Waals surface area contributed by atoms with Gasteiger partial charge in [0.1, 0.15) is 6.04 Å². The van der Waals surface area contributed by atoms with Gasteiger partial charge in [-0.1, -0.05) is 25.1 Å². The fourth-order valence-corrected chi connectivity index (χ4v) is 1.75. The van der Waals surface area contributed by atoms with Crippen molar-refractivity contribution in [1.82, 2.24) is 4.98 Å². The molecule has 1 unspecified atom stereocenters. The standard InChI is InChI=1S/C13H14N2O2/c1-2-10(13(16)17)15-12-7-8-14-11-6-4-3-5-9(11)12/h3-8,10H,2H2,1H3,(H,14,15)(H,16,17). The predicted molar refractivity (Wildman–Crippen MR) is 67.1 cm³/mol. The van der Waals surface area contributed by atoms with E-state index in [1.54, 1.807) is 12.3 Å². The van der Waals surface area contributed by atoms with Crippen LogP contribution in [0.3, 0.4) is 0 Å². The first-order valence-electron chi connectivity index (χ1n) is 5.55. The molecule has 0 spiro atoms. The minimum Gasteiger partial charge on any atom is -0.480 e. The molecule has 1 aromatic carbocycles.